The molecular formula is C12H14ClFN2. The van der Waals surface area contributed by atoms with Gasteiger partial charge in [0.25, 0.3) is 0 Å². The molecule has 1 aliphatic carbocycles. The van der Waals surface area contributed by atoms with Crippen molar-refractivity contribution in [2.75, 3.05) is 13.1 Å². The molecule has 86 valence electrons. The molecule has 2 atom stereocenters. The number of pyridine rings is 1. The number of fused-ring (bicyclic) bond motifs is 1. The highest BCUT2D eigenvalue weighted by atomic mass is 35.5. The number of nitrogens with one attached hydrogen (secondary N) is 1. The molecule has 0 spiro atoms. The van der Waals surface area contributed by atoms with E-state index in [1.54, 1.807) is 6.20 Å². The average molecular weight is 241 g/mol. The van der Waals surface area contributed by atoms with Gasteiger partial charge in [0, 0.05) is 12.7 Å². The molecule has 0 saturated carbocycles. The summed E-state index contributed by atoms with van der Waals surface area (Å²) in [6, 6.07) is 3.26. The standard InChI is InChI=1S/C12H13FN2.ClH/c13-12-2-1-8(7-15-12)9-3-10-5-14-6-11(10)4-9;/h1-3,7,10-11,14H,4-6H2;1H/t10-,11+;/m0./s1. The maximum absolute atomic E-state index is 12.7. The summed E-state index contributed by atoms with van der Waals surface area (Å²) in [6.45, 7) is 2.20. The van der Waals surface area contributed by atoms with Crippen LogP contribution in [-0.4, -0.2) is 18.1 Å². The molecular weight excluding hydrogens is 227 g/mol. The van der Waals surface area contributed by atoms with E-state index in [0.29, 0.717) is 5.92 Å². The van der Waals surface area contributed by atoms with Crippen LogP contribution in [0.1, 0.15) is 12.0 Å². The Morgan fingerprint density at radius 1 is 1.31 bits per heavy atom. The molecule has 1 saturated heterocycles. The van der Waals surface area contributed by atoms with E-state index in [1.165, 1.54) is 11.6 Å². The van der Waals surface area contributed by atoms with Crippen LogP contribution in [0.2, 0.25) is 0 Å². The van der Waals surface area contributed by atoms with Crippen molar-refractivity contribution in [2.24, 2.45) is 11.8 Å². The topological polar surface area (TPSA) is 24.9 Å². The van der Waals surface area contributed by atoms with Gasteiger partial charge in [0.1, 0.15) is 0 Å². The lowest BCUT2D eigenvalue weighted by atomic mass is 9.99. The Labute approximate surface area is 100 Å². The Balaban J connectivity index is 0.000000963. The summed E-state index contributed by atoms with van der Waals surface area (Å²) in [6.07, 6.45) is 5.06. The number of nitrogens with zero attached hydrogens (tertiary/aromatic N) is 1. The molecule has 3 rings (SSSR count). The predicted octanol–water partition coefficient (Wildman–Crippen LogP) is 2.27. The lowest BCUT2D eigenvalue weighted by Crippen LogP contribution is -2.09. The third-order valence-corrected chi connectivity index (χ3v) is 3.39. The van der Waals surface area contributed by atoms with Crippen molar-refractivity contribution in [1.82, 2.24) is 10.3 Å². The van der Waals surface area contributed by atoms with Crippen molar-refractivity contribution < 1.29 is 4.39 Å². The molecule has 0 bridgehead atoms. The highest BCUT2D eigenvalue weighted by Gasteiger charge is 2.31. The van der Waals surface area contributed by atoms with Gasteiger partial charge in [-0.2, -0.15) is 4.39 Å². The normalized spacial score (nSPS) is 27.2. The lowest BCUT2D eigenvalue weighted by Gasteiger charge is -2.06. The highest BCUT2D eigenvalue weighted by molar-refractivity contribution is 5.85. The van der Waals surface area contributed by atoms with Gasteiger partial charge >= 0.3 is 0 Å². The second kappa shape index (κ2) is 4.52. The van der Waals surface area contributed by atoms with E-state index in [0.717, 1.165) is 31.0 Å². The minimum atomic E-state index is -0.404. The smallest absolute Gasteiger partial charge is 0.212 e. The number of allylic oxidation sites excluding steroid dienone is 1. The Bertz CT molecular complexity index is 402. The number of halogens is 2. The first-order valence-electron chi connectivity index (χ1n) is 5.36. The molecule has 0 aromatic carbocycles. The third-order valence-electron chi connectivity index (χ3n) is 3.39. The monoisotopic (exact) mass is 240 g/mol. The summed E-state index contributed by atoms with van der Waals surface area (Å²) in [5.41, 5.74) is 2.41. The maximum Gasteiger partial charge on any atom is 0.212 e. The SMILES string of the molecule is Cl.Fc1ccc(C2=C[C@H]3CNC[C@H]3C2)cn1. The van der Waals surface area contributed by atoms with E-state index < -0.39 is 5.95 Å². The largest absolute Gasteiger partial charge is 0.316 e. The molecule has 1 aromatic rings. The third kappa shape index (κ3) is 1.97. The summed E-state index contributed by atoms with van der Waals surface area (Å²) in [7, 11) is 0. The Hall–Kier alpha value is -0.930. The van der Waals surface area contributed by atoms with E-state index in [9.17, 15) is 4.39 Å². The minimum absolute atomic E-state index is 0. The van der Waals surface area contributed by atoms with Crippen molar-refractivity contribution in [3.63, 3.8) is 0 Å². The van der Waals surface area contributed by atoms with Crippen LogP contribution in [0, 0.1) is 17.8 Å². The van der Waals surface area contributed by atoms with Crippen LogP contribution < -0.4 is 5.32 Å². The Kier molecular flexibility index (Phi) is 3.26. The molecule has 2 aliphatic rings. The van der Waals surface area contributed by atoms with Gasteiger partial charge in [0.05, 0.1) is 0 Å². The van der Waals surface area contributed by atoms with Crippen LogP contribution in [0.25, 0.3) is 5.57 Å². The lowest BCUT2D eigenvalue weighted by molar-refractivity contribution is 0.536. The van der Waals surface area contributed by atoms with Gasteiger partial charge in [-0.05, 0) is 48.1 Å². The van der Waals surface area contributed by atoms with Crippen LogP contribution in [0.3, 0.4) is 0 Å². The van der Waals surface area contributed by atoms with Crippen molar-refractivity contribution in [3.8, 4) is 0 Å². The number of rotatable bonds is 1. The summed E-state index contributed by atoms with van der Waals surface area (Å²) in [4.78, 5) is 3.69. The van der Waals surface area contributed by atoms with Gasteiger partial charge in [-0.15, -0.1) is 12.4 Å². The van der Waals surface area contributed by atoms with Crippen molar-refractivity contribution >= 4 is 18.0 Å². The molecule has 1 aliphatic heterocycles. The Morgan fingerprint density at radius 3 is 2.88 bits per heavy atom. The fraction of sp³-hybridized carbons (Fsp3) is 0.417. The van der Waals surface area contributed by atoms with E-state index in [4.69, 9.17) is 0 Å². The van der Waals surface area contributed by atoms with Gasteiger partial charge in [-0.3, -0.25) is 0 Å². The molecule has 16 heavy (non-hydrogen) atoms. The number of hydrogen-bond donors (Lipinski definition) is 1. The van der Waals surface area contributed by atoms with Crippen LogP contribution >= 0.6 is 12.4 Å². The fourth-order valence-corrected chi connectivity index (χ4v) is 2.56. The van der Waals surface area contributed by atoms with E-state index >= 15 is 0 Å². The van der Waals surface area contributed by atoms with E-state index in [-0.39, 0.29) is 12.4 Å². The Morgan fingerprint density at radius 2 is 2.19 bits per heavy atom. The zero-order chi connectivity index (χ0) is 10.3. The molecule has 1 aromatic heterocycles. The van der Waals surface area contributed by atoms with Crippen molar-refractivity contribution in [1.29, 1.82) is 0 Å². The maximum atomic E-state index is 12.7. The molecule has 2 heterocycles. The van der Waals surface area contributed by atoms with Gasteiger partial charge in [0.15, 0.2) is 0 Å². The molecule has 0 amide bonds. The number of hydrogen-bond acceptors (Lipinski definition) is 2. The van der Waals surface area contributed by atoms with E-state index in [2.05, 4.69) is 16.4 Å². The minimum Gasteiger partial charge on any atom is -0.316 e. The zero-order valence-electron chi connectivity index (χ0n) is 8.82. The van der Waals surface area contributed by atoms with Crippen LogP contribution in [0.15, 0.2) is 24.4 Å². The highest BCUT2D eigenvalue weighted by Crippen LogP contribution is 2.37. The summed E-state index contributed by atoms with van der Waals surface area (Å²) in [5, 5.41) is 3.39. The molecule has 1 N–H and O–H groups in total. The fourth-order valence-electron chi connectivity index (χ4n) is 2.56. The summed E-state index contributed by atoms with van der Waals surface area (Å²) < 4.78 is 12.7. The molecule has 2 nitrogen and oxygen atoms in total. The molecule has 4 heteroatoms. The molecule has 0 radical (unpaired) electrons. The van der Waals surface area contributed by atoms with Gasteiger partial charge in [0.2, 0.25) is 5.95 Å². The zero-order valence-corrected chi connectivity index (χ0v) is 9.64. The molecule has 0 unspecified atom stereocenters. The molecule has 1 fully saturated rings. The average Bonchev–Trinajstić information content (AvgIpc) is 2.78. The van der Waals surface area contributed by atoms with Gasteiger partial charge < -0.3 is 5.32 Å². The van der Waals surface area contributed by atoms with E-state index in [1.807, 2.05) is 6.07 Å². The van der Waals surface area contributed by atoms with Crippen LogP contribution in [0.5, 0.6) is 0 Å². The van der Waals surface area contributed by atoms with Crippen LogP contribution in [0.4, 0.5) is 4.39 Å². The van der Waals surface area contributed by atoms with Crippen molar-refractivity contribution in [3.05, 3.63) is 35.9 Å². The summed E-state index contributed by atoms with van der Waals surface area (Å²) in [5.74, 6) is 1.01. The first-order chi connectivity index (χ1) is 7.33. The van der Waals surface area contributed by atoms with Gasteiger partial charge in [-0.1, -0.05) is 6.08 Å². The van der Waals surface area contributed by atoms with Crippen molar-refractivity contribution in [2.45, 2.75) is 6.42 Å². The summed E-state index contributed by atoms with van der Waals surface area (Å²) >= 11 is 0. The quantitative estimate of drug-likeness (QED) is 0.762. The predicted molar refractivity (Wildman–Crippen MR) is 63.9 cm³/mol. The second-order valence-electron chi connectivity index (χ2n) is 4.35. The second-order valence-corrected chi connectivity index (χ2v) is 4.35. The first kappa shape index (κ1) is 11.6. The number of aromatic nitrogens is 1. The van der Waals surface area contributed by atoms with Crippen LogP contribution in [-0.2, 0) is 0 Å². The van der Waals surface area contributed by atoms with Gasteiger partial charge in [-0.25, -0.2) is 4.98 Å². The first-order valence-corrected chi connectivity index (χ1v) is 5.36.